The summed E-state index contributed by atoms with van der Waals surface area (Å²) in [5, 5.41) is 3.56. The first-order chi connectivity index (χ1) is 12.0. The van der Waals surface area contributed by atoms with Crippen LogP contribution in [0.1, 0.15) is 30.0 Å². The van der Waals surface area contributed by atoms with Gasteiger partial charge >= 0.3 is 0 Å². The number of anilines is 1. The fraction of sp³-hybridized carbons (Fsp3) is 0.211. The molecule has 0 aliphatic rings. The van der Waals surface area contributed by atoms with Crippen LogP contribution in [0.15, 0.2) is 63.8 Å². The second kappa shape index (κ2) is 7.53. The van der Waals surface area contributed by atoms with Crippen LogP contribution >= 0.6 is 12.2 Å². The highest BCUT2D eigenvalue weighted by Crippen LogP contribution is 2.25. The molecular formula is C19H19FN2O2S. The monoisotopic (exact) mass is 358 g/mol. The van der Waals surface area contributed by atoms with E-state index >= 15 is 0 Å². The zero-order valence-corrected chi connectivity index (χ0v) is 14.8. The number of rotatable bonds is 5. The summed E-state index contributed by atoms with van der Waals surface area (Å²) < 4.78 is 24.7. The summed E-state index contributed by atoms with van der Waals surface area (Å²) in [4.78, 5) is 1.94. The van der Waals surface area contributed by atoms with E-state index in [0.717, 1.165) is 11.5 Å². The van der Waals surface area contributed by atoms with Crippen LogP contribution in [0.25, 0.3) is 0 Å². The Bertz CT molecular complexity index is 831. The number of aryl methyl sites for hydroxylation is 1. The van der Waals surface area contributed by atoms with Crippen LogP contribution in [0, 0.1) is 12.7 Å². The molecule has 0 aliphatic carbocycles. The Labute approximate surface area is 151 Å². The van der Waals surface area contributed by atoms with Crippen molar-refractivity contribution in [2.75, 3.05) is 5.32 Å². The van der Waals surface area contributed by atoms with E-state index in [1.54, 1.807) is 31.6 Å². The average molecular weight is 358 g/mol. The van der Waals surface area contributed by atoms with Gasteiger partial charge in [0.05, 0.1) is 25.1 Å². The lowest BCUT2D eigenvalue weighted by atomic mass is 10.2. The van der Waals surface area contributed by atoms with Crippen molar-refractivity contribution in [1.29, 1.82) is 0 Å². The van der Waals surface area contributed by atoms with E-state index < -0.39 is 0 Å². The molecular weight excluding hydrogens is 339 g/mol. The van der Waals surface area contributed by atoms with Gasteiger partial charge in [-0.15, -0.1) is 0 Å². The van der Waals surface area contributed by atoms with Crippen molar-refractivity contribution in [3.05, 3.63) is 77.9 Å². The fourth-order valence-corrected chi connectivity index (χ4v) is 2.84. The van der Waals surface area contributed by atoms with Crippen LogP contribution in [0.2, 0.25) is 0 Å². The molecule has 0 unspecified atom stereocenters. The summed E-state index contributed by atoms with van der Waals surface area (Å²) in [6.07, 6.45) is 3.25. The molecule has 0 bridgehead atoms. The van der Waals surface area contributed by atoms with Crippen molar-refractivity contribution < 1.29 is 13.2 Å². The Morgan fingerprint density at radius 3 is 2.60 bits per heavy atom. The van der Waals surface area contributed by atoms with E-state index in [4.69, 9.17) is 21.1 Å². The van der Waals surface area contributed by atoms with Crippen LogP contribution < -0.4 is 5.32 Å². The van der Waals surface area contributed by atoms with Crippen LogP contribution in [0.4, 0.5) is 10.1 Å². The maximum atomic E-state index is 13.8. The van der Waals surface area contributed by atoms with E-state index in [1.807, 2.05) is 36.1 Å². The summed E-state index contributed by atoms with van der Waals surface area (Å²) in [6.45, 7) is 4.18. The van der Waals surface area contributed by atoms with Gasteiger partial charge < -0.3 is 19.1 Å². The van der Waals surface area contributed by atoms with Crippen LogP contribution in [-0.2, 0) is 6.54 Å². The number of nitrogens with one attached hydrogen (secondary N) is 1. The molecule has 0 radical (unpaired) electrons. The SMILES string of the molecule is Cc1ccc(NC(=S)N(Cc2ccco2)[C@H](C)c2ccco2)cc1F. The largest absolute Gasteiger partial charge is 0.467 e. The lowest BCUT2D eigenvalue weighted by molar-refractivity contribution is 0.269. The predicted octanol–water partition coefficient (Wildman–Crippen LogP) is 5.28. The first-order valence-electron chi connectivity index (χ1n) is 7.94. The minimum Gasteiger partial charge on any atom is -0.467 e. The summed E-state index contributed by atoms with van der Waals surface area (Å²) in [6, 6.07) is 12.3. The maximum absolute atomic E-state index is 13.8. The van der Waals surface area contributed by atoms with Gasteiger partial charge in [-0.25, -0.2) is 4.39 Å². The smallest absolute Gasteiger partial charge is 0.174 e. The summed E-state index contributed by atoms with van der Waals surface area (Å²) in [5.74, 6) is 1.29. The Morgan fingerprint density at radius 1 is 1.20 bits per heavy atom. The molecule has 2 heterocycles. The molecule has 130 valence electrons. The first-order valence-corrected chi connectivity index (χ1v) is 8.35. The van der Waals surface area contributed by atoms with Gasteiger partial charge in [0.1, 0.15) is 17.3 Å². The van der Waals surface area contributed by atoms with Gasteiger partial charge in [0.2, 0.25) is 0 Å². The summed E-state index contributed by atoms with van der Waals surface area (Å²) >= 11 is 5.57. The van der Waals surface area contributed by atoms with Crippen molar-refractivity contribution in [3.63, 3.8) is 0 Å². The third-order valence-corrected chi connectivity index (χ3v) is 4.35. The highest BCUT2D eigenvalue weighted by Gasteiger charge is 2.22. The molecule has 25 heavy (non-hydrogen) atoms. The maximum Gasteiger partial charge on any atom is 0.174 e. The number of benzene rings is 1. The van der Waals surface area contributed by atoms with Gasteiger partial charge in [-0.05, 0) is 68.0 Å². The molecule has 1 aromatic carbocycles. The Kier molecular flexibility index (Phi) is 5.19. The zero-order chi connectivity index (χ0) is 17.8. The molecule has 2 aromatic heterocycles. The lowest BCUT2D eigenvalue weighted by Gasteiger charge is -2.30. The average Bonchev–Trinajstić information content (AvgIpc) is 3.28. The van der Waals surface area contributed by atoms with E-state index in [1.165, 1.54) is 6.07 Å². The van der Waals surface area contributed by atoms with Gasteiger partial charge in [-0.2, -0.15) is 0 Å². The molecule has 0 amide bonds. The van der Waals surface area contributed by atoms with E-state index in [0.29, 0.717) is 22.9 Å². The lowest BCUT2D eigenvalue weighted by Crippen LogP contribution is -2.36. The Balaban J connectivity index is 1.82. The fourth-order valence-electron chi connectivity index (χ4n) is 2.50. The second-order valence-corrected chi connectivity index (χ2v) is 6.18. The Morgan fingerprint density at radius 2 is 1.96 bits per heavy atom. The van der Waals surface area contributed by atoms with Crippen molar-refractivity contribution in [2.45, 2.75) is 26.4 Å². The Hall–Kier alpha value is -2.60. The minimum absolute atomic E-state index is 0.115. The van der Waals surface area contributed by atoms with E-state index in [2.05, 4.69) is 5.32 Å². The van der Waals surface area contributed by atoms with E-state index in [-0.39, 0.29) is 11.9 Å². The number of furan rings is 2. The summed E-state index contributed by atoms with van der Waals surface area (Å²) in [7, 11) is 0. The van der Waals surface area contributed by atoms with Gasteiger partial charge in [-0.3, -0.25) is 0 Å². The molecule has 3 rings (SSSR count). The van der Waals surface area contributed by atoms with Crippen LogP contribution in [-0.4, -0.2) is 10.0 Å². The third kappa shape index (κ3) is 4.09. The second-order valence-electron chi connectivity index (χ2n) is 5.79. The number of nitrogens with zero attached hydrogens (tertiary/aromatic N) is 1. The van der Waals surface area contributed by atoms with Crippen LogP contribution in [0.5, 0.6) is 0 Å². The molecule has 1 atom stereocenters. The van der Waals surface area contributed by atoms with Crippen molar-refractivity contribution in [3.8, 4) is 0 Å². The number of thiocarbonyl (C=S) groups is 1. The predicted molar refractivity (Wildman–Crippen MR) is 98.7 cm³/mol. The normalized spacial score (nSPS) is 12.0. The molecule has 4 nitrogen and oxygen atoms in total. The van der Waals surface area contributed by atoms with Gasteiger partial charge in [0.25, 0.3) is 0 Å². The van der Waals surface area contributed by atoms with Gasteiger partial charge in [-0.1, -0.05) is 6.07 Å². The molecule has 0 saturated heterocycles. The third-order valence-electron chi connectivity index (χ3n) is 4.01. The molecule has 0 aliphatic heterocycles. The first kappa shape index (κ1) is 17.2. The standard InChI is InChI=1S/C19H19FN2O2S/c1-13-7-8-15(11-17(13)20)21-19(25)22(12-16-5-3-9-23-16)14(2)18-6-4-10-24-18/h3-11,14H,12H2,1-2H3,(H,21,25)/t14-/m1/s1. The molecule has 6 heteroatoms. The van der Waals surface area contributed by atoms with Crippen molar-refractivity contribution >= 4 is 23.0 Å². The molecule has 0 saturated carbocycles. The number of hydrogen-bond acceptors (Lipinski definition) is 3. The van der Waals surface area contributed by atoms with Gasteiger partial charge in [0, 0.05) is 5.69 Å². The summed E-state index contributed by atoms with van der Waals surface area (Å²) in [5.41, 5.74) is 1.19. The number of halogens is 1. The van der Waals surface area contributed by atoms with Crippen LogP contribution in [0.3, 0.4) is 0 Å². The van der Waals surface area contributed by atoms with Gasteiger partial charge in [0.15, 0.2) is 5.11 Å². The molecule has 0 spiro atoms. The molecule has 3 aromatic rings. The zero-order valence-electron chi connectivity index (χ0n) is 14.0. The van der Waals surface area contributed by atoms with Crippen molar-refractivity contribution in [1.82, 2.24) is 4.90 Å². The number of hydrogen-bond donors (Lipinski definition) is 1. The quantitative estimate of drug-likeness (QED) is 0.629. The minimum atomic E-state index is -0.274. The topological polar surface area (TPSA) is 41.5 Å². The van der Waals surface area contributed by atoms with E-state index in [9.17, 15) is 4.39 Å². The van der Waals surface area contributed by atoms with Crippen molar-refractivity contribution in [2.24, 2.45) is 0 Å². The molecule has 0 fully saturated rings. The highest BCUT2D eigenvalue weighted by atomic mass is 32.1. The molecule has 1 N–H and O–H groups in total. The highest BCUT2D eigenvalue weighted by molar-refractivity contribution is 7.80.